The highest BCUT2D eigenvalue weighted by atomic mass is 32.3. The molecule has 0 aromatic heterocycles. The highest BCUT2D eigenvalue weighted by Crippen LogP contribution is 2.16. The molecule has 0 atom stereocenters. The number of rotatable bonds is 10. The maximum absolute atomic E-state index is 8.74. The van der Waals surface area contributed by atoms with Crippen molar-refractivity contribution in [3.63, 3.8) is 0 Å². The molecule has 6 nitrogen and oxygen atoms in total. The molecule has 0 bridgehead atoms. The van der Waals surface area contributed by atoms with E-state index in [1.54, 1.807) is 0 Å². The van der Waals surface area contributed by atoms with E-state index < -0.39 is 10.4 Å². The maximum atomic E-state index is 8.74. The Morgan fingerprint density at radius 2 is 1.44 bits per heavy atom. The molecule has 0 radical (unpaired) electrons. The monoisotopic (exact) mass is 403 g/mol. The second-order valence-electron chi connectivity index (χ2n) is 5.44. The molecule has 7 heteroatoms. The molecule has 0 aliphatic rings. The Hall–Kier alpha value is -1.67. The van der Waals surface area contributed by atoms with Crippen LogP contribution in [0.4, 0.5) is 0 Å². The molecular weight excluding hydrogens is 366 g/mol. The molecule has 0 fully saturated rings. The first kappa shape index (κ1) is 30.1. The molecule has 0 unspecified atom stereocenters. The summed E-state index contributed by atoms with van der Waals surface area (Å²) in [6.07, 6.45) is 11.3. The van der Waals surface area contributed by atoms with Crippen LogP contribution in [0.5, 0.6) is 0 Å². The quantitative estimate of drug-likeness (QED) is 0.187. The molecule has 0 aliphatic carbocycles. The first-order valence-electron chi connectivity index (χ1n) is 8.93. The number of allylic oxidation sites excluding steroid dienone is 1. The summed E-state index contributed by atoms with van der Waals surface area (Å²) in [6, 6.07) is 10.3. The average Bonchev–Trinajstić information content (AvgIpc) is 2.62. The van der Waals surface area contributed by atoms with Crippen molar-refractivity contribution in [1.29, 1.82) is 0 Å². The summed E-state index contributed by atoms with van der Waals surface area (Å²) in [5.41, 5.74) is 1.17. The Balaban J connectivity index is -0.000000623. The summed E-state index contributed by atoms with van der Waals surface area (Å²) in [7, 11) is -4.67. The Bertz CT molecular complexity index is 551. The first-order chi connectivity index (χ1) is 12.4. The van der Waals surface area contributed by atoms with E-state index in [2.05, 4.69) is 50.4 Å². The highest BCUT2D eigenvalue weighted by molar-refractivity contribution is 7.79. The van der Waals surface area contributed by atoms with Gasteiger partial charge in [0.1, 0.15) is 5.76 Å². The molecule has 1 rings (SSSR count). The topological polar surface area (TPSA) is 119 Å². The third-order valence-corrected chi connectivity index (χ3v) is 3.33. The van der Waals surface area contributed by atoms with Crippen molar-refractivity contribution in [2.24, 2.45) is 0 Å². The van der Waals surface area contributed by atoms with E-state index in [1.165, 1.54) is 44.1 Å². The van der Waals surface area contributed by atoms with Gasteiger partial charge in [-0.3, -0.25) is 9.11 Å². The van der Waals surface area contributed by atoms with Crippen LogP contribution in [0.2, 0.25) is 0 Å². The van der Waals surface area contributed by atoms with Crippen molar-refractivity contribution in [2.45, 2.75) is 58.8 Å². The lowest BCUT2D eigenvalue weighted by Gasteiger charge is -2.10. The third-order valence-electron chi connectivity index (χ3n) is 3.33. The first-order valence-corrected chi connectivity index (χ1v) is 10.3. The van der Waals surface area contributed by atoms with Gasteiger partial charge in [-0.15, -0.1) is 13.2 Å². The molecule has 5 N–H and O–H groups in total. The molecule has 0 amide bonds. The van der Waals surface area contributed by atoms with E-state index in [1.807, 2.05) is 13.0 Å². The second kappa shape index (κ2) is 20.6. The number of benzene rings is 1. The zero-order chi connectivity index (χ0) is 20.3. The Morgan fingerprint density at radius 3 is 1.89 bits per heavy atom. The fourth-order valence-corrected chi connectivity index (χ4v) is 2.18. The van der Waals surface area contributed by atoms with E-state index >= 15 is 0 Å². The lowest BCUT2D eigenvalue weighted by molar-refractivity contribution is 0.266. The summed E-state index contributed by atoms with van der Waals surface area (Å²) in [6.45, 7) is 11.1. The van der Waals surface area contributed by atoms with E-state index in [-0.39, 0.29) is 6.15 Å². The Kier molecular flexibility index (Phi) is 23.0. The molecule has 27 heavy (non-hydrogen) atoms. The van der Waals surface area contributed by atoms with Gasteiger partial charge in [-0.1, -0.05) is 75.8 Å². The Labute approximate surface area is 165 Å². The molecule has 1 aromatic rings. The average molecular weight is 404 g/mol. The fourth-order valence-electron chi connectivity index (χ4n) is 2.18. The summed E-state index contributed by atoms with van der Waals surface area (Å²) in [5, 5.41) is 0. The van der Waals surface area contributed by atoms with Crippen molar-refractivity contribution in [1.82, 2.24) is 6.15 Å². The summed E-state index contributed by atoms with van der Waals surface area (Å²) >= 11 is 0. The zero-order valence-electron chi connectivity index (χ0n) is 16.8. The van der Waals surface area contributed by atoms with Gasteiger partial charge in [-0.05, 0) is 19.4 Å². The SMILES string of the molecule is C=C.CC=C(OCCCCCCCCC)c1ccccc1.N.O=S(=O)(O)O. The minimum atomic E-state index is -4.67. The van der Waals surface area contributed by atoms with Crippen LogP contribution in [0, 0.1) is 0 Å². The zero-order valence-corrected chi connectivity index (χ0v) is 17.6. The van der Waals surface area contributed by atoms with Gasteiger partial charge in [-0.2, -0.15) is 8.42 Å². The highest BCUT2D eigenvalue weighted by Gasteiger charge is 2.00. The predicted octanol–water partition coefficient (Wildman–Crippen LogP) is 6.13. The van der Waals surface area contributed by atoms with E-state index in [0.717, 1.165) is 18.8 Å². The fraction of sp³-hybridized carbons (Fsp3) is 0.500. The third kappa shape index (κ3) is 24.3. The molecule has 0 heterocycles. The smallest absolute Gasteiger partial charge is 0.394 e. The van der Waals surface area contributed by atoms with Crippen LogP contribution >= 0.6 is 0 Å². The second-order valence-corrected chi connectivity index (χ2v) is 6.33. The van der Waals surface area contributed by atoms with Crippen LogP contribution in [-0.2, 0) is 15.1 Å². The molecule has 0 saturated carbocycles. The summed E-state index contributed by atoms with van der Waals surface area (Å²) in [5.74, 6) is 1.01. The standard InChI is InChI=1S/C18H28O.C2H4.H3N.H2O4S/c1-3-5-6-7-8-9-13-16-19-18(4-2)17-14-11-10-12-15-17;1-2;;1-5(2,3)4/h4,10-12,14-15H,3,5-9,13,16H2,1-2H3;1-2H2;1H3;(H2,1,2,3,4). The van der Waals surface area contributed by atoms with Gasteiger partial charge in [0.2, 0.25) is 0 Å². The lowest BCUT2D eigenvalue weighted by Crippen LogP contribution is -1.95. The minimum Gasteiger partial charge on any atom is -0.493 e. The van der Waals surface area contributed by atoms with E-state index in [0.29, 0.717) is 0 Å². The van der Waals surface area contributed by atoms with Crippen molar-refractivity contribution >= 4 is 16.2 Å². The van der Waals surface area contributed by atoms with Gasteiger partial charge in [-0.25, -0.2) is 0 Å². The van der Waals surface area contributed by atoms with Gasteiger partial charge in [0.05, 0.1) is 6.61 Å². The molecule has 0 aliphatic heterocycles. The van der Waals surface area contributed by atoms with Crippen LogP contribution in [-0.4, -0.2) is 24.1 Å². The minimum absolute atomic E-state index is 0. The van der Waals surface area contributed by atoms with Crippen LogP contribution in [0.15, 0.2) is 49.6 Å². The maximum Gasteiger partial charge on any atom is 0.394 e. The largest absolute Gasteiger partial charge is 0.493 e. The van der Waals surface area contributed by atoms with Gasteiger partial charge < -0.3 is 10.9 Å². The van der Waals surface area contributed by atoms with Crippen LogP contribution in [0.25, 0.3) is 5.76 Å². The van der Waals surface area contributed by atoms with Crippen molar-refractivity contribution in [2.75, 3.05) is 6.61 Å². The molecule has 0 saturated heterocycles. The number of unbranched alkanes of at least 4 members (excludes halogenated alkanes) is 6. The number of hydrogen-bond acceptors (Lipinski definition) is 4. The number of ether oxygens (including phenoxy) is 1. The molecule has 1 aromatic carbocycles. The lowest BCUT2D eigenvalue weighted by atomic mass is 10.1. The number of hydrogen-bond donors (Lipinski definition) is 3. The molecule has 0 spiro atoms. The van der Waals surface area contributed by atoms with Crippen LogP contribution < -0.4 is 6.15 Å². The van der Waals surface area contributed by atoms with Crippen molar-refractivity contribution in [3.8, 4) is 0 Å². The summed E-state index contributed by atoms with van der Waals surface area (Å²) in [4.78, 5) is 0. The van der Waals surface area contributed by atoms with Gasteiger partial charge in [0, 0.05) is 5.56 Å². The molecular formula is C20H37NO5S. The van der Waals surface area contributed by atoms with E-state index in [9.17, 15) is 0 Å². The molecule has 158 valence electrons. The Morgan fingerprint density at radius 1 is 1.00 bits per heavy atom. The van der Waals surface area contributed by atoms with Crippen molar-refractivity contribution in [3.05, 3.63) is 55.1 Å². The predicted molar refractivity (Wildman–Crippen MR) is 114 cm³/mol. The normalized spacial score (nSPS) is 10.4. The van der Waals surface area contributed by atoms with Crippen LogP contribution in [0.1, 0.15) is 64.4 Å². The van der Waals surface area contributed by atoms with E-state index in [4.69, 9.17) is 22.3 Å². The van der Waals surface area contributed by atoms with Gasteiger partial charge in [0.25, 0.3) is 0 Å². The van der Waals surface area contributed by atoms with Gasteiger partial charge in [0.15, 0.2) is 0 Å². The van der Waals surface area contributed by atoms with Gasteiger partial charge >= 0.3 is 10.4 Å². The summed E-state index contributed by atoms with van der Waals surface area (Å²) < 4.78 is 37.4. The van der Waals surface area contributed by atoms with Crippen molar-refractivity contribution < 1.29 is 22.3 Å². The van der Waals surface area contributed by atoms with Crippen LogP contribution in [0.3, 0.4) is 0 Å².